The smallest absolute Gasteiger partial charge is 0.0565 e. The normalized spacial score (nSPS) is 37.4. The van der Waals surface area contributed by atoms with Crippen molar-refractivity contribution in [1.82, 2.24) is 5.32 Å². The summed E-state index contributed by atoms with van der Waals surface area (Å²) in [5.41, 5.74) is 0. The van der Waals surface area contributed by atoms with Crippen molar-refractivity contribution in [3.8, 4) is 0 Å². The van der Waals surface area contributed by atoms with E-state index in [4.69, 9.17) is 4.74 Å². The second kappa shape index (κ2) is 4.97. The molecule has 2 nitrogen and oxygen atoms in total. The standard InChI is InChI=1S/C11H23NO/c1-5-8(2)12-11-6-9(3)13-10(4)7-11/h8-12H,5-7H2,1-4H3. The third kappa shape index (κ3) is 3.65. The molecular weight excluding hydrogens is 162 g/mol. The Labute approximate surface area is 82.0 Å². The molecule has 0 spiro atoms. The van der Waals surface area contributed by atoms with Gasteiger partial charge in [0.05, 0.1) is 12.2 Å². The molecular formula is C11H23NO. The summed E-state index contributed by atoms with van der Waals surface area (Å²) in [5.74, 6) is 0. The molecule has 0 aromatic rings. The summed E-state index contributed by atoms with van der Waals surface area (Å²) in [6.07, 6.45) is 4.37. The molecule has 13 heavy (non-hydrogen) atoms. The van der Waals surface area contributed by atoms with Crippen molar-refractivity contribution in [2.24, 2.45) is 0 Å². The van der Waals surface area contributed by atoms with E-state index in [-0.39, 0.29) is 0 Å². The number of hydrogen-bond acceptors (Lipinski definition) is 2. The van der Waals surface area contributed by atoms with Crippen LogP contribution in [0.4, 0.5) is 0 Å². The predicted octanol–water partition coefficient (Wildman–Crippen LogP) is 2.33. The van der Waals surface area contributed by atoms with Crippen LogP contribution in [0.15, 0.2) is 0 Å². The van der Waals surface area contributed by atoms with Crippen molar-refractivity contribution in [1.29, 1.82) is 0 Å². The van der Waals surface area contributed by atoms with E-state index >= 15 is 0 Å². The highest BCUT2D eigenvalue weighted by atomic mass is 16.5. The second-order valence-corrected chi connectivity index (χ2v) is 4.40. The second-order valence-electron chi connectivity index (χ2n) is 4.40. The van der Waals surface area contributed by atoms with Gasteiger partial charge in [-0.3, -0.25) is 0 Å². The monoisotopic (exact) mass is 185 g/mol. The average Bonchev–Trinajstić information content (AvgIpc) is 2.02. The Kier molecular flexibility index (Phi) is 4.20. The Balaban J connectivity index is 2.32. The maximum Gasteiger partial charge on any atom is 0.0565 e. The Morgan fingerprint density at radius 3 is 2.31 bits per heavy atom. The molecule has 0 bridgehead atoms. The summed E-state index contributed by atoms with van der Waals surface area (Å²) < 4.78 is 5.69. The molecule has 1 heterocycles. The molecule has 0 radical (unpaired) electrons. The highest BCUT2D eigenvalue weighted by Crippen LogP contribution is 2.19. The van der Waals surface area contributed by atoms with E-state index in [9.17, 15) is 0 Å². The van der Waals surface area contributed by atoms with E-state index < -0.39 is 0 Å². The molecule has 1 N–H and O–H groups in total. The van der Waals surface area contributed by atoms with Crippen LogP contribution < -0.4 is 5.32 Å². The molecule has 78 valence electrons. The first kappa shape index (κ1) is 11.0. The van der Waals surface area contributed by atoms with Gasteiger partial charge in [0.1, 0.15) is 0 Å². The van der Waals surface area contributed by atoms with Crippen molar-refractivity contribution < 1.29 is 4.74 Å². The number of rotatable bonds is 3. The van der Waals surface area contributed by atoms with Crippen LogP contribution in [0.3, 0.4) is 0 Å². The van der Waals surface area contributed by atoms with E-state index in [1.54, 1.807) is 0 Å². The number of ether oxygens (including phenoxy) is 1. The van der Waals surface area contributed by atoms with Crippen LogP contribution >= 0.6 is 0 Å². The Bertz CT molecular complexity index is 139. The number of hydrogen-bond donors (Lipinski definition) is 1. The van der Waals surface area contributed by atoms with E-state index in [0.29, 0.717) is 24.3 Å². The quantitative estimate of drug-likeness (QED) is 0.728. The Morgan fingerprint density at radius 2 is 1.85 bits per heavy atom. The fraction of sp³-hybridized carbons (Fsp3) is 1.00. The third-order valence-electron chi connectivity index (χ3n) is 2.83. The largest absolute Gasteiger partial charge is 0.375 e. The molecule has 0 amide bonds. The summed E-state index contributed by atoms with van der Waals surface area (Å²) in [5, 5.41) is 3.65. The van der Waals surface area contributed by atoms with E-state index in [1.807, 2.05) is 0 Å². The fourth-order valence-corrected chi connectivity index (χ4v) is 2.06. The van der Waals surface area contributed by atoms with E-state index in [2.05, 4.69) is 33.0 Å². The van der Waals surface area contributed by atoms with Crippen molar-refractivity contribution in [3.05, 3.63) is 0 Å². The predicted molar refractivity (Wildman–Crippen MR) is 55.9 cm³/mol. The van der Waals surface area contributed by atoms with Gasteiger partial charge in [-0.15, -0.1) is 0 Å². The molecule has 1 rings (SSSR count). The average molecular weight is 185 g/mol. The SMILES string of the molecule is CCC(C)NC1CC(C)OC(C)C1. The van der Waals surface area contributed by atoms with Gasteiger partial charge in [0.15, 0.2) is 0 Å². The fourth-order valence-electron chi connectivity index (χ4n) is 2.06. The summed E-state index contributed by atoms with van der Waals surface area (Å²) in [4.78, 5) is 0. The molecule has 3 atom stereocenters. The maximum absolute atomic E-state index is 5.69. The molecule has 1 aliphatic rings. The van der Waals surface area contributed by atoms with Crippen molar-refractivity contribution >= 4 is 0 Å². The maximum atomic E-state index is 5.69. The van der Waals surface area contributed by atoms with Crippen molar-refractivity contribution in [3.63, 3.8) is 0 Å². The number of nitrogens with one attached hydrogen (secondary N) is 1. The zero-order valence-electron chi connectivity index (χ0n) is 9.34. The van der Waals surface area contributed by atoms with Gasteiger partial charge >= 0.3 is 0 Å². The van der Waals surface area contributed by atoms with E-state index in [1.165, 1.54) is 6.42 Å². The van der Waals surface area contributed by atoms with Gasteiger partial charge in [-0.05, 0) is 40.0 Å². The lowest BCUT2D eigenvalue weighted by Gasteiger charge is -2.34. The van der Waals surface area contributed by atoms with Gasteiger partial charge in [0.2, 0.25) is 0 Å². The first-order chi connectivity index (χ1) is 6.11. The van der Waals surface area contributed by atoms with Gasteiger partial charge in [-0.1, -0.05) is 6.92 Å². The highest BCUT2D eigenvalue weighted by molar-refractivity contribution is 4.80. The van der Waals surface area contributed by atoms with Gasteiger partial charge in [0.25, 0.3) is 0 Å². The van der Waals surface area contributed by atoms with Gasteiger partial charge < -0.3 is 10.1 Å². The minimum atomic E-state index is 0.422. The van der Waals surface area contributed by atoms with Crippen LogP contribution in [-0.4, -0.2) is 24.3 Å². The summed E-state index contributed by atoms with van der Waals surface area (Å²) >= 11 is 0. The molecule has 0 aromatic heterocycles. The Morgan fingerprint density at radius 1 is 1.31 bits per heavy atom. The van der Waals surface area contributed by atoms with Gasteiger partial charge in [0, 0.05) is 12.1 Å². The highest BCUT2D eigenvalue weighted by Gasteiger charge is 2.24. The van der Waals surface area contributed by atoms with Crippen molar-refractivity contribution in [2.45, 2.75) is 71.2 Å². The van der Waals surface area contributed by atoms with Crippen LogP contribution in [0.25, 0.3) is 0 Å². The lowest BCUT2D eigenvalue weighted by molar-refractivity contribution is -0.0433. The summed E-state index contributed by atoms with van der Waals surface area (Å²) in [7, 11) is 0. The molecule has 0 aliphatic carbocycles. The minimum Gasteiger partial charge on any atom is -0.375 e. The van der Waals surface area contributed by atoms with Crippen LogP contribution in [0.2, 0.25) is 0 Å². The zero-order valence-corrected chi connectivity index (χ0v) is 9.34. The topological polar surface area (TPSA) is 21.3 Å². The Hall–Kier alpha value is -0.0800. The van der Waals surface area contributed by atoms with E-state index in [0.717, 1.165) is 12.8 Å². The first-order valence-corrected chi connectivity index (χ1v) is 5.53. The molecule has 1 fully saturated rings. The zero-order chi connectivity index (χ0) is 9.84. The van der Waals surface area contributed by atoms with Gasteiger partial charge in [-0.2, -0.15) is 0 Å². The molecule has 3 unspecified atom stereocenters. The van der Waals surface area contributed by atoms with Gasteiger partial charge in [-0.25, -0.2) is 0 Å². The van der Waals surface area contributed by atoms with Crippen LogP contribution in [0.1, 0.15) is 47.0 Å². The summed E-state index contributed by atoms with van der Waals surface area (Å²) in [6, 6.07) is 1.30. The third-order valence-corrected chi connectivity index (χ3v) is 2.83. The van der Waals surface area contributed by atoms with Crippen LogP contribution in [0, 0.1) is 0 Å². The van der Waals surface area contributed by atoms with Crippen LogP contribution in [0.5, 0.6) is 0 Å². The molecule has 1 aliphatic heterocycles. The van der Waals surface area contributed by atoms with Crippen LogP contribution in [-0.2, 0) is 4.74 Å². The molecule has 0 aromatic carbocycles. The first-order valence-electron chi connectivity index (χ1n) is 5.53. The lowest BCUT2D eigenvalue weighted by atomic mass is 9.99. The molecule has 2 heteroatoms. The molecule has 1 saturated heterocycles. The van der Waals surface area contributed by atoms with Crippen molar-refractivity contribution in [2.75, 3.05) is 0 Å². The lowest BCUT2D eigenvalue weighted by Crippen LogP contribution is -2.44. The summed E-state index contributed by atoms with van der Waals surface area (Å²) in [6.45, 7) is 8.82. The molecule has 0 saturated carbocycles. The minimum absolute atomic E-state index is 0.422.